The maximum Gasteiger partial charge on any atom is 0.333 e. The molecule has 0 radical (unpaired) electrons. The van der Waals surface area contributed by atoms with Crippen LogP contribution < -0.4 is 5.32 Å². The Morgan fingerprint density at radius 2 is 2.14 bits per heavy atom. The van der Waals surface area contributed by atoms with Gasteiger partial charge in [-0.2, -0.15) is 0 Å². The Balaban J connectivity index is 2.81. The summed E-state index contributed by atoms with van der Waals surface area (Å²) in [5, 5.41) is 2.43. The minimum Gasteiger partial charge on any atom is -0.464 e. The molecule has 124 valence electrons. The number of alkyl halides is 2. The maximum absolute atomic E-state index is 12.2. The van der Waals surface area contributed by atoms with Crippen molar-refractivity contribution < 1.29 is 19.1 Å². The van der Waals surface area contributed by atoms with Crippen molar-refractivity contribution in [3.05, 3.63) is 12.2 Å². The zero-order valence-corrected chi connectivity index (χ0v) is 14.1. The van der Waals surface area contributed by atoms with Crippen LogP contribution >= 0.6 is 23.2 Å². The summed E-state index contributed by atoms with van der Waals surface area (Å²) in [5.41, 5.74) is -0.525. The van der Waals surface area contributed by atoms with Gasteiger partial charge < -0.3 is 15.0 Å². The van der Waals surface area contributed by atoms with E-state index < -0.39 is 29.5 Å². The van der Waals surface area contributed by atoms with Gasteiger partial charge in [-0.15, -0.1) is 11.6 Å². The second-order valence-corrected chi connectivity index (χ2v) is 5.73. The van der Waals surface area contributed by atoms with Crippen molar-refractivity contribution >= 4 is 41.0 Å². The molecule has 1 N–H and O–H groups in total. The maximum atomic E-state index is 12.2. The number of ether oxygens (including phenoxy) is 1. The molecular formula is C14H20Cl2N2O4. The van der Waals surface area contributed by atoms with Crippen molar-refractivity contribution in [2.24, 2.45) is 0 Å². The Hall–Kier alpha value is -1.27. The fourth-order valence-corrected chi connectivity index (χ4v) is 2.57. The van der Waals surface area contributed by atoms with E-state index in [-0.39, 0.29) is 18.4 Å². The molecule has 0 aromatic carbocycles. The highest BCUT2D eigenvalue weighted by Gasteiger charge is 2.52. The first-order valence-corrected chi connectivity index (χ1v) is 7.95. The molecule has 8 heteroatoms. The second kappa shape index (κ2) is 8.39. The number of β-lactam (4-membered cyclic amide) rings is 1. The van der Waals surface area contributed by atoms with Gasteiger partial charge in [-0.25, -0.2) is 4.79 Å². The Labute approximate surface area is 139 Å². The molecule has 3 atom stereocenters. The van der Waals surface area contributed by atoms with E-state index in [2.05, 4.69) is 11.9 Å². The molecule has 0 aliphatic carbocycles. The molecule has 1 saturated heterocycles. The molecule has 1 aliphatic rings. The van der Waals surface area contributed by atoms with Crippen molar-refractivity contribution in [3.8, 4) is 0 Å². The molecule has 0 spiro atoms. The van der Waals surface area contributed by atoms with Crippen LogP contribution in [0.4, 0.5) is 0 Å². The van der Waals surface area contributed by atoms with Gasteiger partial charge in [-0.05, 0) is 12.0 Å². The van der Waals surface area contributed by atoms with Gasteiger partial charge in [0.05, 0.1) is 6.61 Å². The number of carbonyl (C=O) groups is 3. The average Bonchev–Trinajstić information content (AvgIpc) is 2.49. The third-order valence-corrected chi connectivity index (χ3v) is 4.03. The molecule has 2 amide bonds. The number of carbonyl (C=O) groups excluding carboxylic acids is 3. The van der Waals surface area contributed by atoms with E-state index >= 15 is 0 Å². The van der Waals surface area contributed by atoms with E-state index in [4.69, 9.17) is 27.9 Å². The van der Waals surface area contributed by atoms with Gasteiger partial charge in [0.25, 0.3) is 5.91 Å². The van der Waals surface area contributed by atoms with Gasteiger partial charge in [-0.3, -0.25) is 9.59 Å². The van der Waals surface area contributed by atoms with Crippen LogP contribution in [-0.2, 0) is 19.1 Å². The second-order valence-electron chi connectivity index (χ2n) is 5.01. The van der Waals surface area contributed by atoms with Gasteiger partial charge in [0.2, 0.25) is 5.91 Å². The Morgan fingerprint density at radius 1 is 1.50 bits per heavy atom. The van der Waals surface area contributed by atoms with E-state index in [1.54, 1.807) is 0 Å². The third kappa shape index (κ3) is 4.14. The van der Waals surface area contributed by atoms with Crippen LogP contribution in [0.5, 0.6) is 0 Å². The fourth-order valence-electron chi connectivity index (χ4n) is 2.04. The smallest absolute Gasteiger partial charge is 0.333 e. The lowest BCUT2D eigenvalue weighted by atomic mass is 9.99. The minimum atomic E-state index is -1.03. The Bertz CT molecular complexity index is 470. The normalized spacial score (nSPS) is 21.8. The largest absolute Gasteiger partial charge is 0.464 e. The number of likely N-dealkylation sites (tertiary alicyclic amines) is 1. The minimum absolute atomic E-state index is 0.00820. The summed E-state index contributed by atoms with van der Waals surface area (Å²) in [6.07, 6.45) is 1.60. The van der Waals surface area contributed by atoms with Gasteiger partial charge >= 0.3 is 5.97 Å². The molecule has 1 fully saturated rings. The number of hydrogen-bond acceptors (Lipinski definition) is 4. The number of nitrogens with one attached hydrogen (secondary N) is 1. The van der Waals surface area contributed by atoms with Crippen LogP contribution in [0.3, 0.4) is 0 Å². The van der Waals surface area contributed by atoms with Crippen molar-refractivity contribution in [3.63, 3.8) is 0 Å². The summed E-state index contributed by atoms with van der Waals surface area (Å²) in [6, 6.07) is -1.89. The zero-order chi connectivity index (χ0) is 16.9. The van der Waals surface area contributed by atoms with Crippen molar-refractivity contribution in [1.29, 1.82) is 0 Å². The van der Waals surface area contributed by atoms with E-state index in [1.165, 1.54) is 6.92 Å². The Kier molecular flexibility index (Phi) is 7.16. The highest BCUT2D eigenvalue weighted by atomic mass is 35.5. The highest BCUT2D eigenvalue weighted by Crippen LogP contribution is 2.30. The van der Waals surface area contributed by atoms with E-state index in [0.717, 1.165) is 17.7 Å². The number of rotatable bonds is 8. The highest BCUT2D eigenvalue weighted by molar-refractivity contribution is 6.27. The first-order valence-electron chi connectivity index (χ1n) is 6.98. The molecule has 1 heterocycles. The quantitative estimate of drug-likeness (QED) is 0.179. The lowest BCUT2D eigenvalue weighted by Gasteiger charge is -2.47. The summed E-state index contributed by atoms with van der Waals surface area (Å²) in [7, 11) is 0. The van der Waals surface area contributed by atoms with Crippen molar-refractivity contribution in [1.82, 2.24) is 10.2 Å². The molecule has 0 saturated carbocycles. The number of hydrogen-bond donors (Lipinski definition) is 1. The lowest BCUT2D eigenvalue weighted by molar-refractivity contribution is -0.163. The molecule has 1 aliphatic heterocycles. The number of amides is 2. The van der Waals surface area contributed by atoms with Gasteiger partial charge in [0, 0.05) is 12.8 Å². The van der Waals surface area contributed by atoms with Crippen LogP contribution in [0.2, 0.25) is 0 Å². The summed E-state index contributed by atoms with van der Waals surface area (Å²) in [6.45, 7) is 7.22. The first kappa shape index (κ1) is 18.8. The third-order valence-electron chi connectivity index (χ3n) is 3.22. The van der Waals surface area contributed by atoms with Gasteiger partial charge in [-0.1, -0.05) is 31.5 Å². The average molecular weight is 351 g/mol. The summed E-state index contributed by atoms with van der Waals surface area (Å²) < 4.78 is 5.14. The fraction of sp³-hybridized carbons (Fsp3) is 0.643. The molecule has 0 bridgehead atoms. The van der Waals surface area contributed by atoms with Crippen LogP contribution in [0.25, 0.3) is 0 Å². The number of esters is 1. The monoisotopic (exact) mass is 350 g/mol. The van der Waals surface area contributed by atoms with Crippen LogP contribution in [0, 0.1) is 0 Å². The van der Waals surface area contributed by atoms with Gasteiger partial charge in [0.1, 0.15) is 11.5 Å². The first-order chi connectivity index (χ1) is 10.3. The van der Waals surface area contributed by atoms with E-state index in [0.29, 0.717) is 5.57 Å². The van der Waals surface area contributed by atoms with Crippen molar-refractivity contribution in [2.75, 3.05) is 12.5 Å². The van der Waals surface area contributed by atoms with E-state index in [1.807, 2.05) is 6.92 Å². The molecule has 0 aromatic heterocycles. The molecular weight excluding hydrogens is 331 g/mol. The predicted molar refractivity (Wildman–Crippen MR) is 83.6 cm³/mol. The standard InChI is InChI=1S/C14H20Cl2N2O4/c1-4-5-6-22-14(21)11(8(2)7-15)18-12(16)10(13(18)20)17-9(3)19/h10-12H,2,4-7H2,1,3H3,(H,17,19). The SMILES string of the molecule is C=C(CCl)C(C(=O)OCCCC)N1C(=O)C(NC(C)=O)C1Cl. The van der Waals surface area contributed by atoms with Gasteiger partial charge in [0.15, 0.2) is 6.04 Å². The van der Waals surface area contributed by atoms with Crippen molar-refractivity contribution in [2.45, 2.75) is 44.3 Å². The van der Waals surface area contributed by atoms with Crippen LogP contribution in [0.1, 0.15) is 26.7 Å². The van der Waals surface area contributed by atoms with E-state index in [9.17, 15) is 14.4 Å². The molecule has 0 aromatic rings. The number of nitrogens with zero attached hydrogens (tertiary/aromatic N) is 1. The zero-order valence-electron chi connectivity index (χ0n) is 12.6. The summed E-state index contributed by atoms with van der Waals surface area (Å²) in [5.74, 6) is -1.45. The van der Waals surface area contributed by atoms with Crippen LogP contribution in [0.15, 0.2) is 12.2 Å². The predicted octanol–water partition coefficient (Wildman–Crippen LogP) is 1.41. The number of unbranched alkanes of at least 4 members (excludes halogenated alkanes) is 1. The summed E-state index contributed by atoms with van der Waals surface area (Å²) in [4.78, 5) is 36.5. The summed E-state index contributed by atoms with van der Waals surface area (Å²) >= 11 is 11.9. The molecule has 1 rings (SSSR count). The molecule has 22 heavy (non-hydrogen) atoms. The lowest BCUT2D eigenvalue weighted by Crippen LogP contribution is -2.72. The molecule has 3 unspecified atom stereocenters. The topological polar surface area (TPSA) is 75.7 Å². The molecule has 6 nitrogen and oxygen atoms in total. The van der Waals surface area contributed by atoms with Crippen LogP contribution in [-0.4, -0.2) is 52.8 Å². The number of halogens is 2. The Morgan fingerprint density at radius 3 is 2.59 bits per heavy atom.